The number of piperazine rings is 1. The quantitative estimate of drug-likeness (QED) is 0.635. The maximum absolute atomic E-state index is 13.4. The Balaban J connectivity index is 1.34. The van der Waals surface area contributed by atoms with Gasteiger partial charge in [-0.1, -0.05) is 18.2 Å². The van der Waals surface area contributed by atoms with Crippen LogP contribution in [-0.4, -0.2) is 78.8 Å². The zero-order valence-electron chi connectivity index (χ0n) is 21.3. The van der Waals surface area contributed by atoms with Crippen molar-refractivity contribution in [2.45, 2.75) is 38.6 Å². The summed E-state index contributed by atoms with van der Waals surface area (Å²) in [6, 6.07) is 11.7. The highest BCUT2D eigenvalue weighted by Gasteiger charge is 2.31. The van der Waals surface area contributed by atoms with Crippen LogP contribution in [-0.2, 0) is 16.1 Å². The van der Waals surface area contributed by atoms with Crippen LogP contribution in [0.2, 0.25) is 0 Å². The number of nitrogens with one attached hydrogen (secondary N) is 1. The van der Waals surface area contributed by atoms with Gasteiger partial charge in [0.15, 0.2) is 0 Å². The highest BCUT2D eigenvalue weighted by atomic mass is 19.4. The number of ether oxygens (including phenoxy) is 1. The first-order chi connectivity index (χ1) is 18.3. The number of pyridine rings is 1. The first kappa shape index (κ1) is 27.7. The molecule has 3 heterocycles. The Morgan fingerprint density at radius 3 is 2.58 bits per heavy atom. The van der Waals surface area contributed by atoms with Crippen LogP contribution in [0.1, 0.15) is 31.2 Å². The maximum atomic E-state index is 13.4. The Labute approximate surface area is 220 Å². The van der Waals surface area contributed by atoms with Crippen molar-refractivity contribution in [1.82, 2.24) is 20.1 Å². The molecule has 0 bridgehead atoms. The zero-order chi connectivity index (χ0) is 27.0. The van der Waals surface area contributed by atoms with Gasteiger partial charge in [0.25, 0.3) is 0 Å². The van der Waals surface area contributed by atoms with Crippen LogP contribution in [0.3, 0.4) is 0 Å². The SMILES string of the molecule is O=C1CCN(Cc2cccc(OC(F)(F)F)c2)CCCC(C(=O)N2CCN(c3ccccn3)CC2)CCN1. The molecule has 2 saturated heterocycles. The fourth-order valence-electron chi connectivity index (χ4n) is 5.01. The molecule has 4 rings (SSSR count). The summed E-state index contributed by atoms with van der Waals surface area (Å²) in [6.07, 6.45) is -0.687. The van der Waals surface area contributed by atoms with Crippen molar-refractivity contribution in [1.29, 1.82) is 0 Å². The van der Waals surface area contributed by atoms with Gasteiger partial charge in [-0.05, 0) is 55.6 Å². The third kappa shape index (κ3) is 8.34. The number of anilines is 1. The lowest BCUT2D eigenvalue weighted by molar-refractivity contribution is -0.274. The summed E-state index contributed by atoms with van der Waals surface area (Å²) < 4.78 is 41.9. The van der Waals surface area contributed by atoms with E-state index in [4.69, 9.17) is 0 Å². The van der Waals surface area contributed by atoms with Crippen molar-refractivity contribution in [3.05, 3.63) is 54.2 Å². The number of carbonyl (C=O) groups is 2. The maximum Gasteiger partial charge on any atom is 0.573 e. The first-order valence-corrected chi connectivity index (χ1v) is 13.1. The van der Waals surface area contributed by atoms with E-state index in [0.717, 1.165) is 25.3 Å². The van der Waals surface area contributed by atoms with Gasteiger partial charge in [-0.2, -0.15) is 0 Å². The smallest absolute Gasteiger partial charge is 0.406 e. The van der Waals surface area contributed by atoms with Gasteiger partial charge < -0.3 is 19.9 Å². The fraction of sp³-hybridized carbons (Fsp3) is 0.519. The van der Waals surface area contributed by atoms with Crippen LogP contribution < -0.4 is 15.0 Å². The molecule has 1 atom stereocenters. The van der Waals surface area contributed by atoms with Crippen molar-refractivity contribution in [3.63, 3.8) is 0 Å². The summed E-state index contributed by atoms with van der Waals surface area (Å²) in [4.78, 5) is 36.3. The molecular formula is C27H34F3N5O3. The van der Waals surface area contributed by atoms with Crippen molar-refractivity contribution in [3.8, 4) is 5.75 Å². The third-order valence-corrected chi connectivity index (χ3v) is 6.95. The van der Waals surface area contributed by atoms with Crippen LogP contribution in [0.25, 0.3) is 0 Å². The minimum atomic E-state index is -4.75. The molecular weight excluding hydrogens is 499 g/mol. The molecule has 0 saturated carbocycles. The summed E-state index contributed by atoms with van der Waals surface area (Å²) >= 11 is 0. The van der Waals surface area contributed by atoms with Crippen LogP contribution in [0, 0.1) is 5.92 Å². The minimum absolute atomic E-state index is 0.0961. The molecule has 38 heavy (non-hydrogen) atoms. The predicted molar refractivity (Wildman–Crippen MR) is 136 cm³/mol. The third-order valence-electron chi connectivity index (χ3n) is 6.95. The van der Waals surface area contributed by atoms with E-state index in [2.05, 4.69) is 19.9 Å². The largest absolute Gasteiger partial charge is 0.573 e. The van der Waals surface area contributed by atoms with Crippen LogP contribution >= 0.6 is 0 Å². The molecule has 2 aromatic rings. The summed E-state index contributed by atoms with van der Waals surface area (Å²) in [7, 11) is 0. The predicted octanol–water partition coefficient (Wildman–Crippen LogP) is 3.44. The van der Waals surface area contributed by atoms with E-state index in [-0.39, 0.29) is 29.9 Å². The fourth-order valence-corrected chi connectivity index (χ4v) is 5.01. The monoisotopic (exact) mass is 533 g/mol. The second-order valence-electron chi connectivity index (χ2n) is 9.70. The molecule has 206 valence electrons. The molecule has 1 unspecified atom stereocenters. The molecule has 0 aliphatic carbocycles. The topological polar surface area (TPSA) is 78.0 Å². The second-order valence-corrected chi connectivity index (χ2v) is 9.70. The van der Waals surface area contributed by atoms with Crippen LogP contribution in [0.5, 0.6) is 5.75 Å². The average molecular weight is 534 g/mol. The minimum Gasteiger partial charge on any atom is -0.406 e. The van der Waals surface area contributed by atoms with Gasteiger partial charge in [0.2, 0.25) is 11.8 Å². The zero-order valence-corrected chi connectivity index (χ0v) is 21.3. The van der Waals surface area contributed by atoms with Gasteiger partial charge in [-0.3, -0.25) is 14.5 Å². The van der Waals surface area contributed by atoms with E-state index in [1.165, 1.54) is 18.2 Å². The normalized spacial score (nSPS) is 20.4. The molecule has 1 aromatic carbocycles. The number of hydrogen-bond acceptors (Lipinski definition) is 6. The molecule has 2 aliphatic heterocycles. The van der Waals surface area contributed by atoms with Crippen molar-refractivity contribution in [2.75, 3.05) is 50.7 Å². The van der Waals surface area contributed by atoms with Crippen molar-refractivity contribution >= 4 is 17.6 Å². The number of halogens is 3. The average Bonchev–Trinajstić information content (AvgIpc) is 2.93. The molecule has 1 aromatic heterocycles. The first-order valence-electron chi connectivity index (χ1n) is 13.1. The molecule has 11 heteroatoms. The van der Waals surface area contributed by atoms with Gasteiger partial charge in [-0.15, -0.1) is 13.2 Å². The van der Waals surface area contributed by atoms with Gasteiger partial charge >= 0.3 is 6.36 Å². The van der Waals surface area contributed by atoms with Gasteiger partial charge in [-0.25, -0.2) is 4.98 Å². The highest BCUT2D eigenvalue weighted by Crippen LogP contribution is 2.24. The molecule has 2 aliphatic rings. The summed E-state index contributed by atoms with van der Waals surface area (Å²) in [5, 5.41) is 2.92. The number of aromatic nitrogens is 1. The van der Waals surface area contributed by atoms with Gasteiger partial charge in [0.05, 0.1) is 0 Å². The number of rotatable bonds is 5. The van der Waals surface area contributed by atoms with Crippen LogP contribution in [0.4, 0.5) is 19.0 Å². The summed E-state index contributed by atoms with van der Waals surface area (Å²) in [5.41, 5.74) is 0.667. The molecule has 1 N–H and O–H groups in total. The Bertz CT molecular complexity index is 1060. The number of hydrogen-bond donors (Lipinski definition) is 1. The Morgan fingerprint density at radius 2 is 1.84 bits per heavy atom. The second kappa shape index (κ2) is 12.9. The van der Waals surface area contributed by atoms with E-state index < -0.39 is 6.36 Å². The molecule has 0 spiro atoms. The van der Waals surface area contributed by atoms with Gasteiger partial charge in [0, 0.05) is 64.3 Å². The lowest BCUT2D eigenvalue weighted by Gasteiger charge is -2.37. The number of nitrogens with zero attached hydrogens (tertiary/aromatic N) is 4. The molecule has 2 amide bonds. The lowest BCUT2D eigenvalue weighted by Crippen LogP contribution is -2.51. The molecule has 0 radical (unpaired) electrons. The molecule has 8 nitrogen and oxygen atoms in total. The standard InChI is InChI=1S/C27H34F3N5O3/c28-27(29,30)38-23-7-3-5-21(19-23)20-33-13-4-6-22(9-12-32-25(36)10-14-33)26(37)35-17-15-34(16-18-35)24-8-1-2-11-31-24/h1-3,5,7-8,11,19,22H,4,6,9-10,12-18,20H2,(H,32,36). The lowest BCUT2D eigenvalue weighted by atomic mass is 9.97. The highest BCUT2D eigenvalue weighted by molar-refractivity contribution is 5.79. The van der Waals surface area contributed by atoms with Crippen molar-refractivity contribution in [2.24, 2.45) is 5.92 Å². The Hall–Kier alpha value is -3.34. The summed E-state index contributed by atoms with van der Waals surface area (Å²) in [6.45, 7) is 4.63. The van der Waals surface area contributed by atoms with E-state index >= 15 is 0 Å². The van der Waals surface area contributed by atoms with Crippen molar-refractivity contribution < 1.29 is 27.5 Å². The number of amides is 2. The van der Waals surface area contributed by atoms with E-state index in [0.29, 0.717) is 57.7 Å². The summed E-state index contributed by atoms with van der Waals surface area (Å²) in [5.74, 6) is 0.469. The van der Waals surface area contributed by atoms with Gasteiger partial charge in [0.1, 0.15) is 11.6 Å². The van der Waals surface area contributed by atoms with E-state index in [9.17, 15) is 22.8 Å². The number of benzene rings is 1. The van der Waals surface area contributed by atoms with Crippen LogP contribution in [0.15, 0.2) is 48.7 Å². The number of alkyl halides is 3. The number of carbonyl (C=O) groups excluding carboxylic acids is 2. The Kier molecular flexibility index (Phi) is 9.43. The molecule has 2 fully saturated rings. The Morgan fingerprint density at radius 1 is 1.03 bits per heavy atom. The van der Waals surface area contributed by atoms with E-state index in [1.807, 2.05) is 28.0 Å². The van der Waals surface area contributed by atoms with E-state index in [1.54, 1.807) is 12.3 Å².